The summed E-state index contributed by atoms with van der Waals surface area (Å²) >= 11 is 6.85. The van der Waals surface area contributed by atoms with Gasteiger partial charge in [0.05, 0.1) is 0 Å². The van der Waals surface area contributed by atoms with E-state index in [-0.39, 0.29) is 5.91 Å². The van der Waals surface area contributed by atoms with Crippen LogP contribution in [0.25, 0.3) is 0 Å². The second kappa shape index (κ2) is 5.88. The van der Waals surface area contributed by atoms with Gasteiger partial charge >= 0.3 is 0 Å². The van der Waals surface area contributed by atoms with Crippen molar-refractivity contribution in [2.45, 2.75) is 13.8 Å². The van der Waals surface area contributed by atoms with Crippen LogP contribution in [0.4, 0.5) is 5.69 Å². The fourth-order valence-electron chi connectivity index (χ4n) is 1.80. The summed E-state index contributed by atoms with van der Waals surface area (Å²) in [6, 6.07) is 11.4. The first-order valence-electron chi connectivity index (χ1n) is 5.80. The third kappa shape index (κ3) is 3.67. The number of hydrogen-bond donors (Lipinski definition) is 1. The van der Waals surface area contributed by atoms with Gasteiger partial charge < -0.3 is 5.32 Å². The topological polar surface area (TPSA) is 29.1 Å². The summed E-state index contributed by atoms with van der Waals surface area (Å²) in [6.07, 6.45) is 0. The predicted molar refractivity (Wildman–Crippen MR) is 85.7 cm³/mol. The molecule has 0 spiro atoms. The van der Waals surface area contributed by atoms with E-state index in [2.05, 4.69) is 37.2 Å². The molecule has 0 heterocycles. The molecule has 0 saturated carbocycles. The number of anilines is 1. The van der Waals surface area contributed by atoms with Crippen LogP contribution in [0, 0.1) is 13.8 Å². The molecule has 2 aromatic carbocycles. The Morgan fingerprint density at radius 1 is 1.05 bits per heavy atom. The van der Waals surface area contributed by atoms with Crippen molar-refractivity contribution in [2.24, 2.45) is 0 Å². The predicted octanol–water partition coefficient (Wildman–Crippen LogP) is 5.08. The quantitative estimate of drug-likeness (QED) is 0.770. The van der Waals surface area contributed by atoms with Crippen molar-refractivity contribution >= 4 is 43.5 Å². The van der Waals surface area contributed by atoms with E-state index in [0.717, 1.165) is 25.8 Å². The van der Waals surface area contributed by atoms with Crippen molar-refractivity contribution in [2.75, 3.05) is 5.32 Å². The molecule has 2 rings (SSSR count). The Morgan fingerprint density at radius 2 is 1.79 bits per heavy atom. The molecule has 1 amide bonds. The smallest absolute Gasteiger partial charge is 0.255 e. The Balaban J connectivity index is 2.22. The molecule has 4 heteroatoms. The summed E-state index contributed by atoms with van der Waals surface area (Å²) in [5.41, 5.74) is 3.57. The van der Waals surface area contributed by atoms with E-state index < -0.39 is 0 Å². The van der Waals surface area contributed by atoms with Crippen molar-refractivity contribution in [3.63, 3.8) is 0 Å². The molecule has 0 radical (unpaired) electrons. The molecule has 98 valence electrons. The van der Waals surface area contributed by atoms with Crippen LogP contribution in [0.5, 0.6) is 0 Å². The number of halogens is 2. The molecule has 0 bridgehead atoms. The summed E-state index contributed by atoms with van der Waals surface area (Å²) in [7, 11) is 0. The SMILES string of the molecule is Cc1cc(Br)cc(NC(=O)c2ccc(Br)c(C)c2)c1. The molecule has 0 aliphatic heterocycles. The number of hydrogen-bond acceptors (Lipinski definition) is 1. The van der Waals surface area contributed by atoms with Crippen LogP contribution in [0.2, 0.25) is 0 Å². The monoisotopic (exact) mass is 381 g/mol. The van der Waals surface area contributed by atoms with Crippen LogP contribution in [0.1, 0.15) is 21.5 Å². The highest BCUT2D eigenvalue weighted by molar-refractivity contribution is 9.10. The Kier molecular flexibility index (Phi) is 4.42. The van der Waals surface area contributed by atoms with Crippen molar-refractivity contribution < 1.29 is 4.79 Å². The van der Waals surface area contributed by atoms with Crippen LogP contribution in [-0.4, -0.2) is 5.91 Å². The Labute approximate surface area is 129 Å². The van der Waals surface area contributed by atoms with Crippen LogP contribution in [-0.2, 0) is 0 Å². The van der Waals surface area contributed by atoms with Gasteiger partial charge in [0.1, 0.15) is 0 Å². The minimum atomic E-state index is -0.104. The lowest BCUT2D eigenvalue weighted by molar-refractivity contribution is 0.102. The van der Waals surface area contributed by atoms with E-state index >= 15 is 0 Å². The lowest BCUT2D eigenvalue weighted by Crippen LogP contribution is -2.12. The molecule has 0 saturated heterocycles. The largest absolute Gasteiger partial charge is 0.322 e. The lowest BCUT2D eigenvalue weighted by Gasteiger charge is -2.08. The number of benzene rings is 2. The summed E-state index contributed by atoms with van der Waals surface area (Å²) in [6.45, 7) is 3.95. The fraction of sp³-hybridized carbons (Fsp3) is 0.133. The first kappa shape index (κ1) is 14.3. The van der Waals surface area contributed by atoms with Crippen molar-refractivity contribution in [3.05, 3.63) is 62.0 Å². The first-order valence-corrected chi connectivity index (χ1v) is 7.39. The molecule has 19 heavy (non-hydrogen) atoms. The number of carbonyl (C=O) groups is 1. The van der Waals surface area contributed by atoms with Gasteiger partial charge in [-0.05, 0) is 61.4 Å². The molecular formula is C15H13Br2NO. The standard InChI is InChI=1S/C15H13Br2NO/c1-9-5-12(16)8-13(6-9)18-15(19)11-3-4-14(17)10(2)7-11/h3-8H,1-2H3,(H,18,19). The van der Waals surface area contributed by atoms with Crippen molar-refractivity contribution in [1.29, 1.82) is 0 Å². The third-order valence-corrected chi connectivity index (χ3v) is 4.07. The third-order valence-electron chi connectivity index (χ3n) is 2.72. The second-order valence-corrected chi connectivity index (χ2v) is 6.21. The highest BCUT2D eigenvalue weighted by atomic mass is 79.9. The molecular weight excluding hydrogens is 370 g/mol. The van der Waals surface area contributed by atoms with Gasteiger partial charge in [-0.25, -0.2) is 0 Å². The zero-order valence-corrected chi connectivity index (χ0v) is 13.8. The molecule has 0 atom stereocenters. The number of amides is 1. The van der Waals surface area contributed by atoms with Crippen molar-refractivity contribution in [1.82, 2.24) is 0 Å². The molecule has 2 nitrogen and oxygen atoms in total. The summed E-state index contributed by atoms with van der Waals surface area (Å²) in [4.78, 5) is 12.2. The average molecular weight is 383 g/mol. The minimum absolute atomic E-state index is 0.104. The molecule has 0 fully saturated rings. The summed E-state index contributed by atoms with van der Waals surface area (Å²) < 4.78 is 1.96. The van der Waals surface area contributed by atoms with Gasteiger partial charge in [-0.2, -0.15) is 0 Å². The van der Waals surface area contributed by atoms with Crippen LogP contribution < -0.4 is 5.32 Å². The van der Waals surface area contributed by atoms with Gasteiger partial charge in [-0.1, -0.05) is 31.9 Å². The summed E-state index contributed by atoms with van der Waals surface area (Å²) in [5.74, 6) is -0.104. The van der Waals surface area contributed by atoms with Gasteiger partial charge in [0.15, 0.2) is 0 Å². The first-order chi connectivity index (χ1) is 8.95. The molecule has 2 aromatic rings. The van der Waals surface area contributed by atoms with Gasteiger partial charge in [0.2, 0.25) is 0 Å². The number of aryl methyl sites for hydroxylation is 2. The van der Waals surface area contributed by atoms with E-state index in [4.69, 9.17) is 0 Å². The highest BCUT2D eigenvalue weighted by Gasteiger charge is 2.08. The molecule has 0 aliphatic rings. The maximum Gasteiger partial charge on any atom is 0.255 e. The Bertz CT molecular complexity index is 618. The zero-order chi connectivity index (χ0) is 14.0. The van der Waals surface area contributed by atoms with Crippen LogP contribution >= 0.6 is 31.9 Å². The average Bonchev–Trinajstić information content (AvgIpc) is 2.31. The van der Waals surface area contributed by atoms with Gasteiger partial charge in [-0.3, -0.25) is 4.79 Å². The Morgan fingerprint density at radius 3 is 2.42 bits per heavy atom. The van der Waals surface area contributed by atoms with E-state index in [9.17, 15) is 4.79 Å². The minimum Gasteiger partial charge on any atom is -0.322 e. The maximum absolute atomic E-state index is 12.2. The molecule has 1 N–H and O–H groups in total. The highest BCUT2D eigenvalue weighted by Crippen LogP contribution is 2.21. The normalized spacial score (nSPS) is 10.3. The number of nitrogens with one attached hydrogen (secondary N) is 1. The second-order valence-electron chi connectivity index (χ2n) is 4.44. The molecule has 0 aromatic heterocycles. The van der Waals surface area contributed by atoms with E-state index in [1.165, 1.54) is 0 Å². The van der Waals surface area contributed by atoms with Crippen LogP contribution in [0.15, 0.2) is 45.3 Å². The van der Waals surface area contributed by atoms with Gasteiger partial charge in [0, 0.05) is 20.2 Å². The number of rotatable bonds is 2. The van der Waals surface area contributed by atoms with Crippen LogP contribution in [0.3, 0.4) is 0 Å². The molecule has 0 aliphatic carbocycles. The molecule has 0 unspecified atom stereocenters. The fourth-order valence-corrected chi connectivity index (χ4v) is 2.65. The zero-order valence-electron chi connectivity index (χ0n) is 10.6. The van der Waals surface area contributed by atoms with Gasteiger partial charge in [0.25, 0.3) is 5.91 Å². The summed E-state index contributed by atoms with van der Waals surface area (Å²) in [5, 5.41) is 2.90. The lowest BCUT2D eigenvalue weighted by atomic mass is 10.1. The van der Waals surface area contributed by atoms with E-state index in [1.54, 1.807) is 6.07 Å². The maximum atomic E-state index is 12.2. The number of carbonyl (C=O) groups excluding carboxylic acids is 1. The van der Waals surface area contributed by atoms with E-state index in [1.807, 2.05) is 44.2 Å². The van der Waals surface area contributed by atoms with Crippen molar-refractivity contribution in [3.8, 4) is 0 Å². The van der Waals surface area contributed by atoms with E-state index in [0.29, 0.717) is 5.56 Å². The van der Waals surface area contributed by atoms with Gasteiger partial charge in [-0.15, -0.1) is 0 Å². The Hall–Kier alpha value is -1.13.